The molecule has 1 aliphatic rings. The molecule has 0 fully saturated rings. The average Bonchev–Trinajstić information content (AvgIpc) is 2.59. The number of sulfonamides is 1. The number of hydrogen-bond acceptors (Lipinski definition) is 5. The number of fused-ring (bicyclic) bond motifs is 1. The van der Waals surface area contributed by atoms with E-state index in [1.807, 2.05) is 6.07 Å². The molecule has 0 radical (unpaired) electrons. The first kappa shape index (κ1) is 18.0. The van der Waals surface area contributed by atoms with Crippen LogP contribution in [0.4, 0.5) is 18.9 Å². The van der Waals surface area contributed by atoms with Crippen molar-refractivity contribution in [1.29, 1.82) is 5.26 Å². The summed E-state index contributed by atoms with van der Waals surface area (Å²) in [6, 6.07) is 7.74. The van der Waals surface area contributed by atoms with Crippen molar-refractivity contribution >= 4 is 15.7 Å². The molecule has 3 rings (SSSR count). The first-order valence-electron chi connectivity index (χ1n) is 7.42. The third kappa shape index (κ3) is 3.57. The van der Waals surface area contributed by atoms with Gasteiger partial charge in [-0.3, -0.25) is 4.31 Å². The summed E-state index contributed by atoms with van der Waals surface area (Å²) in [5, 5.41) is 8.98. The van der Waals surface area contributed by atoms with Crippen molar-refractivity contribution < 1.29 is 26.3 Å². The maximum Gasteiger partial charge on any atom is 0.393 e. The molecule has 1 aromatic heterocycles. The van der Waals surface area contributed by atoms with E-state index in [9.17, 15) is 21.6 Å². The van der Waals surface area contributed by atoms with E-state index >= 15 is 0 Å². The molecular formula is C16H12F3N3O3S. The van der Waals surface area contributed by atoms with Crippen LogP contribution in [-0.2, 0) is 16.4 Å². The fraction of sp³-hybridized carbons (Fsp3) is 0.250. The number of alkyl halides is 3. The third-order valence-corrected chi connectivity index (χ3v) is 5.51. The van der Waals surface area contributed by atoms with Gasteiger partial charge in [0, 0.05) is 6.20 Å². The van der Waals surface area contributed by atoms with E-state index in [2.05, 4.69) is 4.98 Å². The van der Waals surface area contributed by atoms with Crippen LogP contribution in [-0.4, -0.2) is 32.7 Å². The van der Waals surface area contributed by atoms with Crippen LogP contribution in [0, 0.1) is 11.3 Å². The average molecular weight is 383 g/mol. The molecule has 136 valence electrons. The Morgan fingerprint density at radius 2 is 1.96 bits per heavy atom. The first-order chi connectivity index (χ1) is 12.2. The van der Waals surface area contributed by atoms with Crippen LogP contribution in [0.25, 0.3) is 0 Å². The van der Waals surface area contributed by atoms with Crippen molar-refractivity contribution in [2.45, 2.75) is 17.5 Å². The lowest BCUT2D eigenvalue weighted by molar-refractivity contribution is -0.127. The van der Waals surface area contributed by atoms with Crippen LogP contribution < -0.4 is 9.04 Å². The highest BCUT2D eigenvalue weighted by molar-refractivity contribution is 7.92. The van der Waals surface area contributed by atoms with Crippen LogP contribution in [0.2, 0.25) is 0 Å². The molecule has 0 spiro atoms. The van der Waals surface area contributed by atoms with Crippen LogP contribution in [0.3, 0.4) is 0 Å². The van der Waals surface area contributed by atoms with Crippen molar-refractivity contribution in [1.82, 2.24) is 4.98 Å². The normalized spacial score (nSPS) is 14.3. The monoisotopic (exact) mass is 383 g/mol. The summed E-state index contributed by atoms with van der Waals surface area (Å²) < 4.78 is 69.4. The predicted octanol–water partition coefficient (Wildman–Crippen LogP) is 2.65. The van der Waals surface area contributed by atoms with E-state index in [-0.39, 0.29) is 40.7 Å². The molecule has 0 saturated heterocycles. The Balaban J connectivity index is 1.96. The van der Waals surface area contributed by atoms with Gasteiger partial charge in [-0.1, -0.05) is 12.1 Å². The van der Waals surface area contributed by atoms with E-state index in [0.717, 1.165) is 28.6 Å². The standard InChI is InChI=1S/C16H12F3N3O3S/c17-16(18,19)8-11-1-3-13(4-2-11)26(23,24)22-5-6-25-15-14(22)7-12(9-20)10-21-15/h1-4,7,10H,5-6,8H2. The Hall–Kier alpha value is -2.80. The summed E-state index contributed by atoms with van der Waals surface area (Å²) >= 11 is 0. The van der Waals surface area contributed by atoms with Crippen LogP contribution in [0.15, 0.2) is 41.4 Å². The van der Waals surface area contributed by atoms with Gasteiger partial charge in [-0.25, -0.2) is 13.4 Å². The van der Waals surface area contributed by atoms with Gasteiger partial charge >= 0.3 is 6.18 Å². The fourth-order valence-electron chi connectivity index (χ4n) is 2.52. The second-order valence-corrected chi connectivity index (χ2v) is 7.38. The molecule has 6 nitrogen and oxygen atoms in total. The molecule has 0 N–H and O–H groups in total. The predicted molar refractivity (Wildman–Crippen MR) is 85.2 cm³/mol. The molecule has 0 amide bonds. The second-order valence-electron chi connectivity index (χ2n) is 5.52. The number of aromatic nitrogens is 1. The molecule has 1 aromatic carbocycles. The number of hydrogen-bond donors (Lipinski definition) is 0. The smallest absolute Gasteiger partial charge is 0.393 e. The maximum atomic E-state index is 12.9. The lowest BCUT2D eigenvalue weighted by atomic mass is 10.1. The number of benzene rings is 1. The molecule has 2 aromatic rings. The van der Waals surface area contributed by atoms with Gasteiger partial charge in [0.1, 0.15) is 18.4 Å². The minimum Gasteiger partial charge on any atom is -0.474 e. The first-order valence-corrected chi connectivity index (χ1v) is 8.86. The Bertz CT molecular complexity index is 967. The lowest BCUT2D eigenvalue weighted by Crippen LogP contribution is -2.38. The number of nitrogens with zero attached hydrogens (tertiary/aromatic N) is 3. The molecule has 0 saturated carbocycles. The number of anilines is 1. The zero-order valence-corrected chi connectivity index (χ0v) is 14.0. The molecule has 26 heavy (non-hydrogen) atoms. The Morgan fingerprint density at radius 1 is 1.27 bits per heavy atom. The number of nitriles is 1. The summed E-state index contributed by atoms with van der Waals surface area (Å²) in [6.07, 6.45) is -4.24. The molecule has 1 aliphatic heterocycles. The maximum absolute atomic E-state index is 12.9. The van der Waals surface area contributed by atoms with Gasteiger partial charge < -0.3 is 4.74 Å². The van der Waals surface area contributed by atoms with Crippen LogP contribution >= 0.6 is 0 Å². The quantitative estimate of drug-likeness (QED) is 0.814. The van der Waals surface area contributed by atoms with Crippen LogP contribution in [0.1, 0.15) is 11.1 Å². The lowest BCUT2D eigenvalue weighted by Gasteiger charge is -2.29. The highest BCUT2D eigenvalue weighted by Crippen LogP contribution is 2.34. The van der Waals surface area contributed by atoms with Gasteiger partial charge in [-0.05, 0) is 23.8 Å². The Kier molecular flexibility index (Phi) is 4.50. The third-order valence-electron chi connectivity index (χ3n) is 3.68. The van der Waals surface area contributed by atoms with Crippen LogP contribution in [0.5, 0.6) is 5.88 Å². The van der Waals surface area contributed by atoms with E-state index in [1.54, 1.807) is 0 Å². The van der Waals surface area contributed by atoms with Gasteiger partial charge in [-0.15, -0.1) is 0 Å². The van der Waals surface area contributed by atoms with Gasteiger partial charge in [0.25, 0.3) is 10.0 Å². The van der Waals surface area contributed by atoms with Crippen molar-refractivity contribution in [3.63, 3.8) is 0 Å². The highest BCUT2D eigenvalue weighted by Gasteiger charge is 2.32. The van der Waals surface area contributed by atoms with Crippen molar-refractivity contribution in [3.05, 3.63) is 47.7 Å². The van der Waals surface area contributed by atoms with Crippen molar-refractivity contribution in [2.75, 3.05) is 17.5 Å². The Labute approximate surface area is 147 Å². The summed E-state index contributed by atoms with van der Waals surface area (Å²) in [4.78, 5) is 3.77. The van der Waals surface area contributed by atoms with E-state index < -0.39 is 22.6 Å². The highest BCUT2D eigenvalue weighted by atomic mass is 32.2. The fourth-order valence-corrected chi connectivity index (χ4v) is 3.96. The molecule has 2 heterocycles. The van der Waals surface area contributed by atoms with E-state index in [1.165, 1.54) is 12.3 Å². The zero-order chi connectivity index (χ0) is 18.9. The molecule has 0 aliphatic carbocycles. The van der Waals surface area contributed by atoms with E-state index in [0.29, 0.717) is 0 Å². The molecule has 10 heteroatoms. The minimum absolute atomic E-state index is 0.00377. The number of ether oxygens (including phenoxy) is 1. The van der Waals surface area contributed by atoms with Gasteiger partial charge in [0.05, 0.1) is 23.4 Å². The number of halogens is 3. The summed E-state index contributed by atoms with van der Waals surface area (Å²) in [5.41, 5.74) is 0.247. The summed E-state index contributed by atoms with van der Waals surface area (Å²) in [7, 11) is -4.04. The topological polar surface area (TPSA) is 83.3 Å². The second kappa shape index (κ2) is 6.49. The Morgan fingerprint density at radius 3 is 2.58 bits per heavy atom. The molecule has 0 bridgehead atoms. The molecular weight excluding hydrogens is 371 g/mol. The SMILES string of the molecule is N#Cc1cnc2c(c1)N(S(=O)(=O)c1ccc(CC(F)(F)F)cc1)CCO2. The number of rotatable bonds is 3. The molecule has 0 atom stereocenters. The van der Waals surface area contributed by atoms with Gasteiger partial charge in [0.15, 0.2) is 0 Å². The summed E-state index contributed by atoms with van der Waals surface area (Å²) in [5.74, 6) is 0.0764. The summed E-state index contributed by atoms with van der Waals surface area (Å²) in [6.45, 7) is 0.0630. The minimum atomic E-state index is -4.37. The molecule has 0 unspecified atom stereocenters. The number of pyridine rings is 1. The van der Waals surface area contributed by atoms with Crippen molar-refractivity contribution in [3.8, 4) is 11.9 Å². The van der Waals surface area contributed by atoms with E-state index in [4.69, 9.17) is 10.00 Å². The van der Waals surface area contributed by atoms with Gasteiger partial charge in [0.2, 0.25) is 5.88 Å². The van der Waals surface area contributed by atoms with Gasteiger partial charge in [-0.2, -0.15) is 18.4 Å². The van der Waals surface area contributed by atoms with Crippen molar-refractivity contribution in [2.24, 2.45) is 0 Å². The zero-order valence-electron chi connectivity index (χ0n) is 13.2. The largest absolute Gasteiger partial charge is 0.474 e.